The molecule has 0 bridgehead atoms. The normalized spacial score (nSPS) is 17.6. The van der Waals surface area contributed by atoms with Crippen LogP contribution in [-0.2, 0) is 6.54 Å². The Bertz CT molecular complexity index is 683. The molecule has 0 spiro atoms. The SMILES string of the molecule is O=C(NCc1ccc(Cl)c(Cl)c1)c1csc(C2CCCN2)n1. The van der Waals surface area contributed by atoms with E-state index in [2.05, 4.69) is 15.6 Å². The van der Waals surface area contributed by atoms with Gasteiger partial charge in [-0.3, -0.25) is 4.79 Å². The van der Waals surface area contributed by atoms with E-state index >= 15 is 0 Å². The van der Waals surface area contributed by atoms with Crippen molar-refractivity contribution in [2.75, 3.05) is 6.54 Å². The van der Waals surface area contributed by atoms with Gasteiger partial charge in [0.2, 0.25) is 0 Å². The maximum absolute atomic E-state index is 12.2. The van der Waals surface area contributed by atoms with E-state index in [-0.39, 0.29) is 5.91 Å². The minimum Gasteiger partial charge on any atom is -0.347 e. The van der Waals surface area contributed by atoms with Gasteiger partial charge >= 0.3 is 0 Å². The quantitative estimate of drug-likeness (QED) is 0.876. The third-order valence-electron chi connectivity index (χ3n) is 3.55. The molecule has 1 aliphatic rings. The molecule has 2 aromatic rings. The van der Waals surface area contributed by atoms with E-state index < -0.39 is 0 Å². The second-order valence-corrected chi connectivity index (χ2v) is 6.86. The fraction of sp³-hybridized carbons (Fsp3) is 0.333. The van der Waals surface area contributed by atoms with Crippen LogP contribution in [0.4, 0.5) is 0 Å². The van der Waals surface area contributed by atoms with Crippen LogP contribution >= 0.6 is 34.5 Å². The average Bonchev–Trinajstić information content (AvgIpc) is 3.18. The highest BCUT2D eigenvalue weighted by atomic mass is 35.5. The summed E-state index contributed by atoms with van der Waals surface area (Å²) in [5.41, 5.74) is 1.37. The maximum Gasteiger partial charge on any atom is 0.271 e. The number of carbonyl (C=O) groups is 1. The van der Waals surface area contributed by atoms with Crippen molar-refractivity contribution in [3.63, 3.8) is 0 Å². The minimum atomic E-state index is -0.174. The van der Waals surface area contributed by atoms with Crippen molar-refractivity contribution < 1.29 is 4.79 Å². The lowest BCUT2D eigenvalue weighted by Crippen LogP contribution is -2.23. The van der Waals surface area contributed by atoms with Crippen molar-refractivity contribution in [3.05, 3.63) is 49.9 Å². The van der Waals surface area contributed by atoms with Gasteiger partial charge in [-0.1, -0.05) is 29.3 Å². The number of rotatable bonds is 4. The number of carbonyl (C=O) groups excluding carboxylic acids is 1. The number of nitrogens with zero attached hydrogens (tertiary/aromatic N) is 1. The minimum absolute atomic E-state index is 0.174. The molecule has 1 amide bonds. The summed E-state index contributed by atoms with van der Waals surface area (Å²) in [6.45, 7) is 1.41. The van der Waals surface area contributed by atoms with Gasteiger partial charge in [0.15, 0.2) is 0 Å². The Morgan fingerprint density at radius 3 is 3.00 bits per heavy atom. The topological polar surface area (TPSA) is 54.0 Å². The highest BCUT2D eigenvalue weighted by Crippen LogP contribution is 2.26. The predicted octanol–water partition coefficient (Wildman–Crippen LogP) is 3.80. The first-order valence-corrected chi connectivity index (χ1v) is 8.68. The van der Waals surface area contributed by atoms with Crippen molar-refractivity contribution in [1.82, 2.24) is 15.6 Å². The molecule has 3 rings (SSSR count). The lowest BCUT2D eigenvalue weighted by Gasteiger charge is -2.06. The van der Waals surface area contributed by atoms with Crippen LogP contribution in [0.3, 0.4) is 0 Å². The predicted molar refractivity (Wildman–Crippen MR) is 89.7 cm³/mol. The second kappa shape index (κ2) is 6.96. The van der Waals surface area contributed by atoms with Crippen molar-refractivity contribution in [2.24, 2.45) is 0 Å². The van der Waals surface area contributed by atoms with Crippen LogP contribution < -0.4 is 10.6 Å². The molecule has 4 nitrogen and oxygen atoms in total. The summed E-state index contributed by atoms with van der Waals surface area (Å²) in [5.74, 6) is -0.174. The summed E-state index contributed by atoms with van der Waals surface area (Å²) in [6.07, 6.45) is 2.24. The summed E-state index contributed by atoms with van der Waals surface area (Å²) < 4.78 is 0. The number of aromatic nitrogens is 1. The van der Waals surface area contributed by atoms with E-state index in [1.165, 1.54) is 11.3 Å². The molecule has 0 aliphatic carbocycles. The number of nitrogens with one attached hydrogen (secondary N) is 2. The fourth-order valence-electron chi connectivity index (χ4n) is 2.37. The summed E-state index contributed by atoms with van der Waals surface area (Å²) in [7, 11) is 0. The number of halogens is 2. The number of benzene rings is 1. The van der Waals surface area contributed by atoms with Gasteiger partial charge in [0.05, 0.1) is 16.1 Å². The van der Waals surface area contributed by atoms with Gasteiger partial charge in [0, 0.05) is 11.9 Å². The Morgan fingerprint density at radius 2 is 2.27 bits per heavy atom. The molecular weight excluding hydrogens is 341 g/mol. The number of hydrogen-bond donors (Lipinski definition) is 2. The molecule has 1 saturated heterocycles. The Balaban J connectivity index is 1.60. The Kier molecular flexibility index (Phi) is 4.98. The first kappa shape index (κ1) is 15.7. The number of amides is 1. The van der Waals surface area contributed by atoms with E-state index in [9.17, 15) is 4.79 Å². The van der Waals surface area contributed by atoms with E-state index in [1.807, 2.05) is 6.07 Å². The molecule has 1 aromatic heterocycles. The Hall–Kier alpha value is -1.14. The van der Waals surface area contributed by atoms with Crippen LogP contribution in [0.2, 0.25) is 10.0 Å². The van der Waals surface area contributed by atoms with Gasteiger partial charge in [-0.05, 0) is 37.1 Å². The molecule has 0 saturated carbocycles. The van der Waals surface area contributed by atoms with Crippen molar-refractivity contribution in [3.8, 4) is 0 Å². The largest absolute Gasteiger partial charge is 0.347 e. The molecule has 2 N–H and O–H groups in total. The van der Waals surface area contributed by atoms with Crippen LogP contribution in [0.25, 0.3) is 0 Å². The summed E-state index contributed by atoms with van der Waals surface area (Å²) in [4.78, 5) is 16.6. The monoisotopic (exact) mass is 355 g/mol. The van der Waals surface area contributed by atoms with Gasteiger partial charge in [-0.25, -0.2) is 4.98 Å². The summed E-state index contributed by atoms with van der Waals surface area (Å²) in [5, 5.41) is 10.0. The first-order chi connectivity index (χ1) is 10.6. The van der Waals surface area contributed by atoms with Crippen LogP contribution in [0, 0.1) is 0 Å². The molecule has 7 heteroatoms. The van der Waals surface area contributed by atoms with E-state index in [1.54, 1.807) is 17.5 Å². The highest BCUT2D eigenvalue weighted by molar-refractivity contribution is 7.09. The molecule has 1 unspecified atom stereocenters. The van der Waals surface area contributed by atoms with Gasteiger partial charge < -0.3 is 10.6 Å². The van der Waals surface area contributed by atoms with Gasteiger partial charge in [-0.15, -0.1) is 11.3 Å². The van der Waals surface area contributed by atoms with Crippen LogP contribution in [-0.4, -0.2) is 17.4 Å². The third kappa shape index (κ3) is 3.60. The molecule has 116 valence electrons. The highest BCUT2D eigenvalue weighted by Gasteiger charge is 2.20. The number of thiazole rings is 1. The zero-order valence-corrected chi connectivity index (χ0v) is 14.1. The van der Waals surface area contributed by atoms with Crippen LogP contribution in [0.15, 0.2) is 23.6 Å². The fourth-order valence-corrected chi connectivity index (χ4v) is 3.60. The van der Waals surface area contributed by atoms with Crippen LogP contribution in [0.1, 0.15) is 39.9 Å². The molecule has 1 atom stereocenters. The molecule has 2 heterocycles. The average molecular weight is 356 g/mol. The standard InChI is InChI=1S/C15H15Cl2N3OS/c16-10-4-3-9(6-11(10)17)7-19-14(21)13-8-22-15(20-13)12-2-1-5-18-12/h3-4,6,8,12,18H,1-2,5,7H2,(H,19,21). The second-order valence-electron chi connectivity index (χ2n) is 5.15. The molecule has 1 aromatic carbocycles. The molecule has 0 radical (unpaired) electrons. The lowest BCUT2D eigenvalue weighted by molar-refractivity contribution is 0.0946. The van der Waals surface area contributed by atoms with Crippen LogP contribution in [0.5, 0.6) is 0 Å². The lowest BCUT2D eigenvalue weighted by atomic mass is 10.2. The smallest absolute Gasteiger partial charge is 0.271 e. The van der Waals surface area contributed by atoms with Crippen molar-refractivity contribution in [2.45, 2.75) is 25.4 Å². The van der Waals surface area contributed by atoms with Crippen molar-refractivity contribution in [1.29, 1.82) is 0 Å². The van der Waals surface area contributed by atoms with E-state index in [4.69, 9.17) is 23.2 Å². The van der Waals surface area contributed by atoms with Gasteiger partial charge in [0.25, 0.3) is 5.91 Å². The van der Waals surface area contributed by atoms with Gasteiger partial charge in [-0.2, -0.15) is 0 Å². The zero-order chi connectivity index (χ0) is 15.5. The Morgan fingerprint density at radius 1 is 1.41 bits per heavy atom. The zero-order valence-electron chi connectivity index (χ0n) is 11.7. The molecule has 1 aliphatic heterocycles. The van der Waals surface area contributed by atoms with Crippen molar-refractivity contribution >= 4 is 40.4 Å². The number of hydrogen-bond acceptors (Lipinski definition) is 4. The van der Waals surface area contributed by atoms with Gasteiger partial charge in [0.1, 0.15) is 10.7 Å². The molecule has 1 fully saturated rings. The molecular formula is C15H15Cl2N3OS. The Labute approximate surface area is 142 Å². The first-order valence-electron chi connectivity index (χ1n) is 7.04. The third-order valence-corrected chi connectivity index (χ3v) is 5.25. The van der Waals surface area contributed by atoms with E-state index in [0.717, 1.165) is 30.0 Å². The molecule has 22 heavy (non-hydrogen) atoms. The maximum atomic E-state index is 12.2. The van der Waals surface area contributed by atoms with E-state index in [0.29, 0.717) is 28.3 Å². The summed E-state index contributed by atoms with van der Waals surface area (Å²) in [6, 6.07) is 5.60. The summed E-state index contributed by atoms with van der Waals surface area (Å²) >= 11 is 13.4.